The Morgan fingerprint density at radius 1 is 1.04 bits per heavy atom. The average Bonchev–Trinajstić information content (AvgIpc) is 2.62. The number of aromatic nitrogens is 2. The van der Waals surface area contributed by atoms with Crippen LogP contribution in [0.2, 0.25) is 0 Å². The normalized spacial score (nSPS) is 10.3. The summed E-state index contributed by atoms with van der Waals surface area (Å²) in [6, 6.07) is 13.4. The molecule has 2 aromatic heterocycles. The molecule has 1 amide bonds. The molecule has 0 saturated carbocycles. The molecule has 126 valence electrons. The molecule has 25 heavy (non-hydrogen) atoms. The Labute approximate surface area is 145 Å². The lowest BCUT2D eigenvalue weighted by Crippen LogP contribution is -2.14. The maximum Gasteiger partial charge on any atom is 0.228 e. The van der Waals surface area contributed by atoms with Crippen molar-refractivity contribution in [2.24, 2.45) is 0 Å². The Balaban J connectivity index is 1.52. The van der Waals surface area contributed by atoms with E-state index in [-0.39, 0.29) is 18.1 Å². The first-order valence-electron chi connectivity index (χ1n) is 7.82. The van der Waals surface area contributed by atoms with Crippen LogP contribution in [0.3, 0.4) is 0 Å². The molecule has 0 unspecified atom stereocenters. The smallest absolute Gasteiger partial charge is 0.228 e. The molecule has 3 aromatic rings. The van der Waals surface area contributed by atoms with Gasteiger partial charge in [-0.3, -0.25) is 9.78 Å². The Bertz CT molecular complexity index is 838. The minimum Gasteiger partial charge on any atom is -0.366 e. The molecule has 0 saturated heterocycles. The molecule has 2 heterocycles. The van der Waals surface area contributed by atoms with Crippen LogP contribution in [0.25, 0.3) is 0 Å². The van der Waals surface area contributed by atoms with Gasteiger partial charge in [0.25, 0.3) is 0 Å². The van der Waals surface area contributed by atoms with E-state index in [1.165, 1.54) is 12.1 Å². The number of carbonyl (C=O) groups is 1. The van der Waals surface area contributed by atoms with E-state index in [2.05, 4.69) is 20.6 Å². The first kappa shape index (κ1) is 16.6. The molecule has 0 spiro atoms. The lowest BCUT2D eigenvalue weighted by molar-refractivity contribution is -0.115. The Hall–Kier alpha value is -3.28. The molecule has 2 N–H and O–H groups in total. The Morgan fingerprint density at radius 3 is 2.60 bits per heavy atom. The van der Waals surface area contributed by atoms with Gasteiger partial charge in [0.2, 0.25) is 5.91 Å². The summed E-state index contributed by atoms with van der Waals surface area (Å²) in [5.41, 5.74) is 2.32. The number of rotatable bonds is 6. The van der Waals surface area contributed by atoms with Gasteiger partial charge < -0.3 is 10.6 Å². The van der Waals surface area contributed by atoms with Gasteiger partial charge in [-0.25, -0.2) is 9.37 Å². The molecule has 0 aliphatic heterocycles. The van der Waals surface area contributed by atoms with Crippen molar-refractivity contribution in [3.63, 3.8) is 0 Å². The minimum absolute atomic E-state index is 0.111. The number of pyridine rings is 2. The van der Waals surface area contributed by atoms with E-state index in [1.807, 2.05) is 12.1 Å². The van der Waals surface area contributed by atoms with E-state index in [4.69, 9.17) is 0 Å². The quantitative estimate of drug-likeness (QED) is 0.724. The molecule has 3 rings (SSSR count). The lowest BCUT2D eigenvalue weighted by atomic mass is 10.1. The summed E-state index contributed by atoms with van der Waals surface area (Å²) in [7, 11) is 0. The molecule has 0 aliphatic rings. The molecule has 6 heteroatoms. The molecule has 5 nitrogen and oxygen atoms in total. The predicted molar refractivity (Wildman–Crippen MR) is 94.5 cm³/mol. The average molecular weight is 336 g/mol. The van der Waals surface area contributed by atoms with E-state index < -0.39 is 0 Å². The zero-order valence-corrected chi connectivity index (χ0v) is 13.4. The number of anilines is 2. The molecule has 0 fully saturated rings. The van der Waals surface area contributed by atoms with Gasteiger partial charge in [-0.05, 0) is 47.5 Å². The molecule has 0 aliphatic carbocycles. The summed E-state index contributed by atoms with van der Waals surface area (Å²) >= 11 is 0. The molecule has 0 radical (unpaired) electrons. The number of nitrogens with zero attached hydrogens (tertiary/aromatic N) is 2. The topological polar surface area (TPSA) is 66.9 Å². The first-order chi connectivity index (χ1) is 12.2. The second kappa shape index (κ2) is 8.01. The van der Waals surface area contributed by atoms with Gasteiger partial charge in [0.05, 0.1) is 18.3 Å². The summed E-state index contributed by atoms with van der Waals surface area (Å²) in [5.74, 6) is 0.140. The van der Waals surface area contributed by atoms with Crippen LogP contribution in [-0.4, -0.2) is 15.9 Å². The fourth-order valence-corrected chi connectivity index (χ4v) is 2.30. The first-order valence-corrected chi connectivity index (χ1v) is 7.82. The number of carbonyl (C=O) groups excluding carboxylic acids is 1. The summed E-state index contributed by atoms with van der Waals surface area (Å²) in [6.07, 6.45) is 5.17. The van der Waals surface area contributed by atoms with Crippen LogP contribution < -0.4 is 10.6 Å². The van der Waals surface area contributed by atoms with Crippen molar-refractivity contribution in [3.8, 4) is 0 Å². The second-order valence-electron chi connectivity index (χ2n) is 5.50. The number of hydrogen-bond acceptors (Lipinski definition) is 4. The zero-order valence-electron chi connectivity index (χ0n) is 13.4. The number of halogens is 1. The third-order valence-corrected chi connectivity index (χ3v) is 3.52. The van der Waals surface area contributed by atoms with Crippen LogP contribution in [0.1, 0.15) is 11.1 Å². The fourth-order valence-electron chi connectivity index (χ4n) is 2.30. The summed E-state index contributed by atoms with van der Waals surface area (Å²) in [5, 5.41) is 5.95. The van der Waals surface area contributed by atoms with Gasteiger partial charge in [-0.15, -0.1) is 0 Å². The van der Waals surface area contributed by atoms with E-state index >= 15 is 0 Å². The number of hydrogen-bond donors (Lipinski definition) is 2. The van der Waals surface area contributed by atoms with Gasteiger partial charge in [0.15, 0.2) is 0 Å². The number of benzene rings is 1. The second-order valence-corrected chi connectivity index (χ2v) is 5.50. The van der Waals surface area contributed by atoms with Crippen LogP contribution in [0.4, 0.5) is 15.9 Å². The van der Waals surface area contributed by atoms with Crippen molar-refractivity contribution in [2.45, 2.75) is 13.0 Å². The van der Waals surface area contributed by atoms with Crippen molar-refractivity contribution < 1.29 is 9.18 Å². The van der Waals surface area contributed by atoms with Crippen LogP contribution in [0.5, 0.6) is 0 Å². The third-order valence-electron chi connectivity index (χ3n) is 3.52. The van der Waals surface area contributed by atoms with Crippen LogP contribution in [0, 0.1) is 5.82 Å². The van der Waals surface area contributed by atoms with E-state index in [9.17, 15) is 9.18 Å². The van der Waals surface area contributed by atoms with E-state index in [0.29, 0.717) is 23.6 Å². The van der Waals surface area contributed by atoms with Gasteiger partial charge in [-0.2, -0.15) is 0 Å². The predicted octanol–water partition coefficient (Wildman–Crippen LogP) is 3.41. The van der Waals surface area contributed by atoms with E-state index in [1.54, 1.807) is 42.9 Å². The highest BCUT2D eigenvalue weighted by Gasteiger charge is 2.05. The zero-order chi connectivity index (χ0) is 17.5. The van der Waals surface area contributed by atoms with Crippen molar-refractivity contribution in [1.29, 1.82) is 0 Å². The number of amides is 1. The molecular formula is C19H17FN4O. The maximum atomic E-state index is 13.1. The summed E-state index contributed by atoms with van der Waals surface area (Å²) in [4.78, 5) is 20.2. The number of nitrogens with one attached hydrogen (secondary N) is 2. The molecule has 1 aromatic carbocycles. The van der Waals surface area contributed by atoms with Crippen LogP contribution in [0.15, 0.2) is 67.1 Å². The fraction of sp³-hybridized carbons (Fsp3) is 0.105. The molecular weight excluding hydrogens is 319 g/mol. The van der Waals surface area contributed by atoms with Crippen molar-refractivity contribution in [3.05, 3.63) is 84.1 Å². The highest BCUT2D eigenvalue weighted by atomic mass is 19.1. The monoisotopic (exact) mass is 336 g/mol. The Morgan fingerprint density at radius 2 is 1.88 bits per heavy atom. The minimum atomic E-state index is -0.350. The van der Waals surface area contributed by atoms with Gasteiger partial charge in [0, 0.05) is 18.9 Å². The molecule has 0 bridgehead atoms. The van der Waals surface area contributed by atoms with Gasteiger partial charge in [0.1, 0.15) is 11.6 Å². The van der Waals surface area contributed by atoms with Gasteiger partial charge in [-0.1, -0.05) is 12.1 Å². The highest BCUT2D eigenvalue weighted by Crippen LogP contribution is 2.12. The molecule has 0 atom stereocenters. The SMILES string of the molecule is O=C(Cc1cccc(F)c1)Nc1ccc(NCc2ccncc2)nc1. The maximum absolute atomic E-state index is 13.1. The summed E-state index contributed by atoms with van der Waals surface area (Å²) in [6.45, 7) is 0.640. The van der Waals surface area contributed by atoms with Crippen molar-refractivity contribution >= 4 is 17.4 Å². The highest BCUT2D eigenvalue weighted by molar-refractivity contribution is 5.92. The van der Waals surface area contributed by atoms with Crippen molar-refractivity contribution in [2.75, 3.05) is 10.6 Å². The van der Waals surface area contributed by atoms with Crippen LogP contribution >= 0.6 is 0 Å². The summed E-state index contributed by atoms with van der Waals surface area (Å²) < 4.78 is 13.1. The third kappa shape index (κ3) is 5.10. The van der Waals surface area contributed by atoms with Crippen molar-refractivity contribution in [1.82, 2.24) is 9.97 Å². The Kier molecular flexibility index (Phi) is 5.31. The van der Waals surface area contributed by atoms with Crippen LogP contribution in [-0.2, 0) is 17.8 Å². The largest absolute Gasteiger partial charge is 0.366 e. The lowest BCUT2D eigenvalue weighted by Gasteiger charge is -2.08. The van der Waals surface area contributed by atoms with E-state index in [0.717, 1.165) is 5.56 Å². The standard InChI is InChI=1S/C19H17FN4O/c20-16-3-1-2-15(10-16)11-19(25)24-17-4-5-18(23-13-17)22-12-14-6-8-21-9-7-14/h1-10,13H,11-12H2,(H,22,23)(H,24,25). The van der Waals surface area contributed by atoms with Gasteiger partial charge >= 0.3 is 0 Å².